The summed E-state index contributed by atoms with van der Waals surface area (Å²) in [4.78, 5) is 27.1. The molecule has 0 aromatic rings. The first kappa shape index (κ1) is 15.3. The molecule has 0 radical (unpaired) electrons. The van der Waals surface area contributed by atoms with Crippen LogP contribution in [0.25, 0.3) is 0 Å². The van der Waals surface area contributed by atoms with Gasteiger partial charge in [0.1, 0.15) is 0 Å². The number of carbonyl (C=O) groups is 2. The second-order valence-electron chi connectivity index (χ2n) is 6.06. The highest BCUT2D eigenvalue weighted by Gasteiger charge is 2.32. The Bertz CT molecular complexity index is 362. The van der Waals surface area contributed by atoms with E-state index in [1.54, 1.807) is 0 Å². The van der Waals surface area contributed by atoms with E-state index in [0.717, 1.165) is 45.4 Å². The summed E-state index contributed by atoms with van der Waals surface area (Å²) in [7, 11) is 2.06. The van der Waals surface area contributed by atoms with Crippen LogP contribution in [-0.4, -0.2) is 73.1 Å². The van der Waals surface area contributed by atoms with Gasteiger partial charge < -0.3 is 20.2 Å². The minimum absolute atomic E-state index is 0.00212. The van der Waals surface area contributed by atoms with Crippen LogP contribution >= 0.6 is 0 Å². The maximum absolute atomic E-state index is 12.5. The molecular weight excluding hydrogens is 258 g/mol. The molecule has 2 rings (SSSR count). The lowest BCUT2D eigenvalue weighted by atomic mass is 9.96. The standard InChI is InChI=1S/C14H25N3O3/c1-16-6-4-12(10-16)14(20)17-5-2-3-11(9-17)7-15-8-13(18)19/h11-12,15H,2-10H2,1H3,(H,18,19). The first-order chi connectivity index (χ1) is 9.56. The van der Waals surface area contributed by atoms with E-state index < -0.39 is 5.97 Å². The van der Waals surface area contributed by atoms with Crippen LogP contribution in [0.3, 0.4) is 0 Å². The summed E-state index contributed by atoms with van der Waals surface area (Å²) in [5, 5.41) is 11.6. The van der Waals surface area contributed by atoms with E-state index in [0.29, 0.717) is 12.5 Å². The molecule has 6 heteroatoms. The van der Waals surface area contributed by atoms with E-state index >= 15 is 0 Å². The number of aliphatic carboxylic acids is 1. The number of carboxylic acid groups (broad SMARTS) is 1. The van der Waals surface area contributed by atoms with Crippen molar-refractivity contribution < 1.29 is 14.7 Å². The molecule has 0 bridgehead atoms. The highest BCUT2D eigenvalue weighted by molar-refractivity contribution is 5.79. The van der Waals surface area contributed by atoms with Crippen LogP contribution in [0.15, 0.2) is 0 Å². The number of hydrogen-bond donors (Lipinski definition) is 2. The Kier molecular flexibility index (Phi) is 5.37. The first-order valence-electron chi connectivity index (χ1n) is 7.46. The molecule has 0 aromatic heterocycles. The SMILES string of the molecule is CN1CCC(C(=O)N2CCCC(CNCC(=O)O)C2)C1. The summed E-state index contributed by atoms with van der Waals surface area (Å²) >= 11 is 0. The largest absolute Gasteiger partial charge is 0.480 e. The van der Waals surface area contributed by atoms with Crippen LogP contribution in [0.4, 0.5) is 0 Å². The number of carboxylic acids is 1. The van der Waals surface area contributed by atoms with Crippen molar-refractivity contribution in [2.45, 2.75) is 19.3 Å². The number of rotatable bonds is 5. The molecule has 2 N–H and O–H groups in total. The Balaban J connectivity index is 1.77. The Hall–Kier alpha value is -1.14. The van der Waals surface area contributed by atoms with Gasteiger partial charge in [-0.2, -0.15) is 0 Å². The van der Waals surface area contributed by atoms with Gasteiger partial charge in [0.25, 0.3) is 0 Å². The van der Waals surface area contributed by atoms with Gasteiger partial charge in [-0.25, -0.2) is 0 Å². The predicted octanol–water partition coefficient (Wildman–Crippen LogP) is -0.149. The fraction of sp³-hybridized carbons (Fsp3) is 0.857. The first-order valence-corrected chi connectivity index (χ1v) is 7.46. The molecule has 2 saturated heterocycles. The summed E-state index contributed by atoms with van der Waals surface area (Å²) in [6.45, 7) is 4.18. The molecule has 0 saturated carbocycles. The highest BCUT2D eigenvalue weighted by atomic mass is 16.4. The van der Waals surface area contributed by atoms with Gasteiger partial charge >= 0.3 is 5.97 Å². The number of piperidine rings is 1. The van der Waals surface area contributed by atoms with E-state index in [2.05, 4.69) is 17.3 Å². The molecule has 2 heterocycles. The van der Waals surface area contributed by atoms with Crippen molar-refractivity contribution in [1.29, 1.82) is 0 Å². The van der Waals surface area contributed by atoms with Gasteiger partial charge in [-0.05, 0) is 38.8 Å². The lowest BCUT2D eigenvalue weighted by Crippen LogP contribution is -2.46. The zero-order chi connectivity index (χ0) is 14.5. The molecule has 0 aliphatic carbocycles. The zero-order valence-electron chi connectivity index (χ0n) is 12.2. The molecule has 1 amide bonds. The van der Waals surface area contributed by atoms with E-state index in [1.807, 2.05) is 4.90 Å². The summed E-state index contributed by atoms with van der Waals surface area (Å²) in [6.07, 6.45) is 3.06. The average Bonchev–Trinajstić information content (AvgIpc) is 2.84. The summed E-state index contributed by atoms with van der Waals surface area (Å²) in [5.41, 5.74) is 0. The molecule has 20 heavy (non-hydrogen) atoms. The van der Waals surface area contributed by atoms with Gasteiger partial charge in [-0.15, -0.1) is 0 Å². The Morgan fingerprint density at radius 1 is 1.25 bits per heavy atom. The minimum atomic E-state index is -0.831. The smallest absolute Gasteiger partial charge is 0.317 e. The van der Waals surface area contributed by atoms with Gasteiger partial charge in [0.2, 0.25) is 5.91 Å². The third kappa shape index (κ3) is 4.18. The fourth-order valence-electron chi connectivity index (χ4n) is 3.21. The molecule has 2 aliphatic rings. The van der Waals surface area contributed by atoms with Crippen molar-refractivity contribution in [3.8, 4) is 0 Å². The van der Waals surface area contributed by atoms with E-state index in [9.17, 15) is 9.59 Å². The lowest BCUT2D eigenvalue weighted by molar-refractivity contribution is -0.138. The van der Waals surface area contributed by atoms with Crippen molar-refractivity contribution in [2.24, 2.45) is 11.8 Å². The van der Waals surface area contributed by atoms with Gasteiger partial charge in [-0.3, -0.25) is 9.59 Å². The highest BCUT2D eigenvalue weighted by Crippen LogP contribution is 2.22. The van der Waals surface area contributed by atoms with Gasteiger partial charge in [0, 0.05) is 26.2 Å². The molecule has 2 atom stereocenters. The molecule has 2 fully saturated rings. The molecule has 0 aromatic carbocycles. The van der Waals surface area contributed by atoms with Crippen molar-refractivity contribution >= 4 is 11.9 Å². The normalized spacial score (nSPS) is 27.8. The fourth-order valence-corrected chi connectivity index (χ4v) is 3.21. The Morgan fingerprint density at radius 3 is 2.70 bits per heavy atom. The second kappa shape index (κ2) is 7.04. The monoisotopic (exact) mass is 283 g/mol. The molecule has 114 valence electrons. The van der Waals surface area contributed by atoms with Crippen LogP contribution in [0.1, 0.15) is 19.3 Å². The van der Waals surface area contributed by atoms with Crippen molar-refractivity contribution in [2.75, 3.05) is 46.3 Å². The average molecular weight is 283 g/mol. The van der Waals surface area contributed by atoms with E-state index in [-0.39, 0.29) is 18.4 Å². The van der Waals surface area contributed by atoms with Gasteiger partial charge in [-0.1, -0.05) is 0 Å². The Morgan fingerprint density at radius 2 is 2.05 bits per heavy atom. The van der Waals surface area contributed by atoms with Crippen LogP contribution in [0, 0.1) is 11.8 Å². The molecule has 2 unspecified atom stereocenters. The number of nitrogens with one attached hydrogen (secondary N) is 1. The predicted molar refractivity (Wildman–Crippen MR) is 75.4 cm³/mol. The van der Waals surface area contributed by atoms with E-state index in [1.165, 1.54) is 0 Å². The topological polar surface area (TPSA) is 72.9 Å². The number of likely N-dealkylation sites (tertiary alicyclic amines) is 2. The van der Waals surface area contributed by atoms with Crippen molar-refractivity contribution in [3.63, 3.8) is 0 Å². The lowest BCUT2D eigenvalue weighted by Gasteiger charge is -2.34. The van der Waals surface area contributed by atoms with Gasteiger partial charge in [0.15, 0.2) is 0 Å². The number of carbonyl (C=O) groups excluding carboxylic acids is 1. The Labute approximate surface area is 120 Å². The summed E-state index contributed by atoms with van der Waals surface area (Å²) in [6, 6.07) is 0. The van der Waals surface area contributed by atoms with Crippen molar-refractivity contribution in [1.82, 2.24) is 15.1 Å². The second-order valence-corrected chi connectivity index (χ2v) is 6.06. The number of amides is 1. The molecule has 2 aliphatic heterocycles. The van der Waals surface area contributed by atoms with Crippen LogP contribution < -0.4 is 5.32 Å². The summed E-state index contributed by atoms with van der Waals surface area (Å²) < 4.78 is 0. The number of nitrogens with zero attached hydrogens (tertiary/aromatic N) is 2. The van der Waals surface area contributed by atoms with Crippen LogP contribution in [0.5, 0.6) is 0 Å². The van der Waals surface area contributed by atoms with Crippen LogP contribution in [-0.2, 0) is 9.59 Å². The van der Waals surface area contributed by atoms with Crippen LogP contribution in [0.2, 0.25) is 0 Å². The maximum Gasteiger partial charge on any atom is 0.317 e. The molecule has 0 spiro atoms. The van der Waals surface area contributed by atoms with Gasteiger partial charge in [0.05, 0.1) is 12.5 Å². The quantitative estimate of drug-likeness (QED) is 0.734. The van der Waals surface area contributed by atoms with Crippen molar-refractivity contribution in [3.05, 3.63) is 0 Å². The zero-order valence-corrected chi connectivity index (χ0v) is 12.2. The van der Waals surface area contributed by atoms with E-state index in [4.69, 9.17) is 5.11 Å². The maximum atomic E-state index is 12.5. The third-order valence-electron chi connectivity index (χ3n) is 4.28. The molecule has 6 nitrogen and oxygen atoms in total. The molecular formula is C14H25N3O3. The number of hydrogen-bond acceptors (Lipinski definition) is 4. The summed E-state index contributed by atoms with van der Waals surface area (Å²) in [5.74, 6) is -0.00284. The minimum Gasteiger partial charge on any atom is -0.480 e. The third-order valence-corrected chi connectivity index (χ3v) is 4.28.